The summed E-state index contributed by atoms with van der Waals surface area (Å²) in [5.41, 5.74) is 0.481. The number of rotatable bonds is 7. The van der Waals surface area contributed by atoms with Gasteiger partial charge in [0.2, 0.25) is 0 Å². The van der Waals surface area contributed by atoms with E-state index in [9.17, 15) is 10.1 Å². The van der Waals surface area contributed by atoms with E-state index in [4.69, 9.17) is 14.2 Å². The molecule has 0 saturated heterocycles. The fourth-order valence-corrected chi connectivity index (χ4v) is 3.52. The van der Waals surface area contributed by atoms with E-state index in [-0.39, 0.29) is 12.1 Å². The normalized spacial score (nSPS) is 10.3. The summed E-state index contributed by atoms with van der Waals surface area (Å²) in [4.78, 5) is 13.4. The number of benzene rings is 2. The molecule has 29 heavy (non-hydrogen) atoms. The summed E-state index contributed by atoms with van der Waals surface area (Å²) in [7, 11) is 4.73. The summed E-state index contributed by atoms with van der Waals surface area (Å²) in [5, 5.41) is 14.3. The van der Waals surface area contributed by atoms with E-state index in [2.05, 4.69) is 5.10 Å². The molecule has 3 aromatic rings. The van der Waals surface area contributed by atoms with E-state index >= 15 is 0 Å². The minimum atomic E-state index is -0.431. The summed E-state index contributed by atoms with van der Waals surface area (Å²) < 4.78 is 17.0. The van der Waals surface area contributed by atoms with Gasteiger partial charge < -0.3 is 14.2 Å². The maximum Gasteiger partial charge on any atom is 0.285 e. The van der Waals surface area contributed by atoms with Crippen molar-refractivity contribution in [1.29, 1.82) is 5.26 Å². The van der Waals surface area contributed by atoms with Crippen LogP contribution in [0.1, 0.15) is 11.1 Å². The van der Waals surface area contributed by atoms with Crippen LogP contribution in [0.25, 0.3) is 0 Å². The molecule has 8 heteroatoms. The van der Waals surface area contributed by atoms with E-state index in [0.29, 0.717) is 16.5 Å². The molecule has 0 aliphatic carbocycles. The molecule has 2 aromatic carbocycles. The molecule has 148 valence electrons. The highest BCUT2D eigenvalue weighted by Gasteiger charge is 2.12. The zero-order valence-corrected chi connectivity index (χ0v) is 17.0. The summed E-state index contributed by atoms with van der Waals surface area (Å²) in [6.07, 6.45) is 0. The molecule has 7 nitrogen and oxygen atoms in total. The molecule has 0 unspecified atom stereocenters. The summed E-state index contributed by atoms with van der Waals surface area (Å²) in [6.45, 7) is 0.248. The smallest absolute Gasteiger partial charge is 0.285 e. The second kappa shape index (κ2) is 9.17. The average Bonchev–Trinajstić information content (AvgIpc) is 2.76. The lowest BCUT2D eigenvalue weighted by molar-refractivity contribution is 0.354. The minimum absolute atomic E-state index is 0.0384. The van der Waals surface area contributed by atoms with Gasteiger partial charge in [0.1, 0.15) is 22.4 Å². The Morgan fingerprint density at radius 3 is 2.34 bits per heavy atom. The first-order valence-corrected chi connectivity index (χ1v) is 9.44. The maximum absolute atomic E-state index is 12.5. The topological polar surface area (TPSA) is 86.4 Å². The van der Waals surface area contributed by atoms with E-state index in [1.165, 1.54) is 22.5 Å². The van der Waals surface area contributed by atoms with Gasteiger partial charge in [-0.15, -0.1) is 0 Å². The van der Waals surface area contributed by atoms with Crippen LogP contribution in [0.3, 0.4) is 0 Å². The van der Waals surface area contributed by atoms with Crippen LogP contribution in [0.2, 0.25) is 0 Å². The molecule has 0 N–H and O–H groups in total. The van der Waals surface area contributed by atoms with Crippen molar-refractivity contribution >= 4 is 11.8 Å². The van der Waals surface area contributed by atoms with Crippen LogP contribution >= 0.6 is 11.8 Å². The van der Waals surface area contributed by atoms with E-state index in [1.807, 2.05) is 42.5 Å². The van der Waals surface area contributed by atoms with Crippen LogP contribution in [-0.2, 0) is 6.54 Å². The van der Waals surface area contributed by atoms with Crippen molar-refractivity contribution in [3.8, 4) is 23.3 Å². The largest absolute Gasteiger partial charge is 0.497 e. The van der Waals surface area contributed by atoms with E-state index < -0.39 is 5.56 Å². The number of methoxy groups -OCH3 is 3. The van der Waals surface area contributed by atoms with E-state index in [1.54, 1.807) is 27.4 Å². The molecule has 3 rings (SSSR count). The molecule has 0 bridgehead atoms. The Morgan fingerprint density at radius 1 is 1.00 bits per heavy atom. The number of nitrogens with zero attached hydrogens (tertiary/aromatic N) is 3. The van der Waals surface area contributed by atoms with Gasteiger partial charge >= 0.3 is 0 Å². The molecular weight excluding hydrogens is 390 g/mol. The third-order valence-corrected chi connectivity index (χ3v) is 5.04. The SMILES string of the molecule is COc1ccc(Cn2nc(Sc3ccc(OC)c(OC)c3)cc(C#N)c2=O)cc1. The van der Waals surface area contributed by atoms with Gasteiger partial charge in [0, 0.05) is 4.90 Å². The second-order valence-corrected chi connectivity index (χ2v) is 7.03. The highest BCUT2D eigenvalue weighted by atomic mass is 32.2. The number of hydrogen-bond acceptors (Lipinski definition) is 7. The number of nitriles is 1. The highest BCUT2D eigenvalue weighted by molar-refractivity contribution is 7.99. The van der Waals surface area contributed by atoms with Gasteiger partial charge in [0.25, 0.3) is 5.56 Å². The van der Waals surface area contributed by atoms with Crippen LogP contribution in [0.5, 0.6) is 17.2 Å². The maximum atomic E-state index is 12.5. The van der Waals surface area contributed by atoms with Gasteiger partial charge in [-0.05, 0) is 42.0 Å². The molecular formula is C21H19N3O4S. The van der Waals surface area contributed by atoms with Crippen molar-refractivity contribution in [2.45, 2.75) is 16.5 Å². The van der Waals surface area contributed by atoms with Crippen LogP contribution in [-0.4, -0.2) is 31.1 Å². The van der Waals surface area contributed by atoms with Gasteiger partial charge in [-0.2, -0.15) is 10.4 Å². The molecule has 0 amide bonds. The zero-order chi connectivity index (χ0) is 20.8. The molecule has 0 spiro atoms. The lowest BCUT2D eigenvalue weighted by atomic mass is 10.2. The molecule has 0 radical (unpaired) electrons. The van der Waals surface area contributed by atoms with Crippen LogP contribution in [0, 0.1) is 11.3 Å². The Balaban J connectivity index is 1.93. The molecule has 1 heterocycles. The van der Waals surface area contributed by atoms with Crippen molar-refractivity contribution in [2.24, 2.45) is 0 Å². The quantitative estimate of drug-likeness (QED) is 0.591. The summed E-state index contributed by atoms with van der Waals surface area (Å²) >= 11 is 1.33. The lowest BCUT2D eigenvalue weighted by Crippen LogP contribution is -2.26. The predicted octanol–water partition coefficient (Wildman–Crippen LogP) is 3.34. The number of hydrogen-bond donors (Lipinski definition) is 0. The standard InChI is InChI=1S/C21H19N3O4S/c1-26-16-6-4-14(5-7-16)13-24-21(25)15(12-22)10-20(23-24)29-17-8-9-18(27-2)19(11-17)28-3/h4-11H,13H2,1-3H3. The third kappa shape index (κ3) is 4.70. The fraction of sp³-hybridized carbons (Fsp3) is 0.190. The molecule has 0 aliphatic rings. The second-order valence-electron chi connectivity index (χ2n) is 5.94. The van der Waals surface area contributed by atoms with Crippen molar-refractivity contribution in [3.63, 3.8) is 0 Å². The lowest BCUT2D eigenvalue weighted by Gasteiger charge is -2.11. The van der Waals surface area contributed by atoms with Gasteiger partial charge in [0.05, 0.1) is 27.9 Å². The van der Waals surface area contributed by atoms with Crippen LogP contribution < -0.4 is 19.8 Å². The van der Waals surface area contributed by atoms with Crippen molar-refractivity contribution in [3.05, 3.63) is 70.0 Å². The first-order chi connectivity index (χ1) is 14.1. The Hall–Kier alpha value is -3.44. The zero-order valence-electron chi connectivity index (χ0n) is 16.2. The molecule has 0 fully saturated rings. The Kier molecular flexibility index (Phi) is 6.42. The fourth-order valence-electron chi connectivity index (χ4n) is 2.66. The van der Waals surface area contributed by atoms with Gasteiger partial charge in [-0.3, -0.25) is 4.79 Å². The molecule has 1 aromatic heterocycles. The van der Waals surface area contributed by atoms with Crippen molar-refractivity contribution < 1.29 is 14.2 Å². The Labute approximate surface area is 172 Å². The van der Waals surface area contributed by atoms with Gasteiger partial charge in [-0.25, -0.2) is 4.68 Å². The number of ether oxygens (including phenoxy) is 3. The third-order valence-electron chi connectivity index (χ3n) is 4.14. The monoisotopic (exact) mass is 409 g/mol. The van der Waals surface area contributed by atoms with Crippen LogP contribution in [0.15, 0.2) is 63.2 Å². The minimum Gasteiger partial charge on any atom is -0.497 e. The van der Waals surface area contributed by atoms with E-state index in [0.717, 1.165) is 16.2 Å². The molecule has 0 atom stereocenters. The highest BCUT2D eigenvalue weighted by Crippen LogP contribution is 2.34. The Morgan fingerprint density at radius 2 is 1.72 bits per heavy atom. The molecule has 0 saturated carbocycles. The van der Waals surface area contributed by atoms with Crippen LogP contribution in [0.4, 0.5) is 0 Å². The first kappa shape index (κ1) is 20.3. The average molecular weight is 409 g/mol. The summed E-state index contributed by atoms with van der Waals surface area (Å²) in [5.74, 6) is 1.93. The number of aromatic nitrogens is 2. The van der Waals surface area contributed by atoms with Gasteiger partial charge in [0.15, 0.2) is 11.5 Å². The van der Waals surface area contributed by atoms with Gasteiger partial charge in [-0.1, -0.05) is 23.9 Å². The van der Waals surface area contributed by atoms with Crippen molar-refractivity contribution in [1.82, 2.24) is 9.78 Å². The van der Waals surface area contributed by atoms with Crippen molar-refractivity contribution in [2.75, 3.05) is 21.3 Å². The molecule has 0 aliphatic heterocycles. The first-order valence-electron chi connectivity index (χ1n) is 8.63. The summed E-state index contributed by atoms with van der Waals surface area (Å²) in [6, 6.07) is 16.3. The Bertz CT molecular complexity index is 1100. The predicted molar refractivity (Wildman–Crippen MR) is 109 cm³/mol.